The van der Waals surface area contributed by atoms with Crippen LogP contribution in [0.5, 0.6) is 0 Å². The second kappa shape index (κ2) is 7.44. The second-order valence-electron chi connectivity index (χ2n) is 6.96. The number of nitrogens with one attached hydrogen (secondary N) is 1. The van der Waals surface area contributed by atoms with Crippen molar-refractivity contribution in [3.05, 3.63) is 30.2 Å². The van der Waals surface area contributed by atoms with E-state index in [2.05, 4.69) is 10.3 Å². The van der Waals surface area contributed by atoms with Crippen molar-refractivity contribution in [2.45, 2.75) is 44.1 Å². The monoisotopic (exact) mass is 343 g/mol. The van der Waals surface area contributed by atoms with Crippen molar-refractivity contribution in [3.63, 3.8) is 0 Å². The second-order valence-corrected chi connectivity index (χ2v) is 6.96. The molecule has 134 valence electrons. The van der Waals surface area contributed by atoms with Gasteiger partial charge < -0.3 is 19.4 Å². The number of hydrogen-bond donors (Lipinski definition) is 1. The molecule has 3 heterocycles. The van der Waals surface area contributed by atoms with E-state index in [1.54, 1.807) is 0 Å². The lowest BCUT2D eigenvalue weighted by Gasteiger charge is -2.31. The number of aromatic nitrogens is 1. The largest absolute Gasteiger partial charge is 0.440 e. The lowest BCUT2D eigenvalue weighted by molar-refractivity contribution is 0.104. The number of hydrogen-bond acceptors (Lipinski definition) is 4. The van der Waals surface area contributed by atoms with Gasteiger partial charge in [0.2, 0.25) is 0 Å². The fourth-order valence-corrected chi connectivity index (χ4v) is 3.75. The summed E-state index contributed by atoms with van der Waals surface area (Å²) in [5, 5.41) is 3.03. The normalized spacial score (nSPS) is 23.9. The van der Waals surface area contributed by atoms with Gasteiger partial charge in [-0.1, -0.05) is 12.1 Å². The van der Waals surface area contributed by atoms with E-state index < -0.39 is 0 Å². The SMILES string of the molecule is O=C(NCCC1CCCO1)N1CCCC(c2nc3ccccc3o2)C1. The van der Waals surface area contributed by atoms with Crippen LogP contribution in [0, 0.1) is 0 Å². The molecule has 0 bridgehead atoms. The molecule has 0 aliphatic carbocycles. The van der Waals surface area contributed by atoms with Gasteiger partial charge in [-0.3, -0.25) is 0 Å². The number of rotatable bonds is 4. The Bertz CT molecular complexity index is 691. The van der Waals surface area contributed by atoms with Gasteiger partial charge in [0.05, 0.1) is 12.0 Å². The first-order valence-electron chi connectivity index (χ1n) is 9.29. The van der Waals surface area contributed by atoms with E-state index in [0.717, 1.165) is 62.2 Å². The predicted octanol–water partition coefficient (Wildman–Crippen LogP) is 3.29. The summed E-state index contributed by atoms with van der Waals surface area (Å²) in [6.07, 6.45) is 5.44. The van der Waals surface area contributed by atoms with Crippen LogP contribution in [0.25, 0.3) is 11.1 Å². The first-order valence-corrected chi connectivity index (χ1v) is 9.29. The van der Waals surface area contributed by atoms with Gasteiger partial charge in [0.1, 0.15) is 5.52 Å². The molecule has 2 saturated heterocycles. The molecule has 0 spiro atoms. The van der Waals surface area contributed by atoms with Gasteiger partial charge in [0.25, 0.3) is 0 Å². The van der Waals surface area contributed by atoms with Crippen LogP contribution in [0.1, 0.15) is 43.9 Å². The zero-order valence-electron chi connectivity index (χ0n) is 14.4. The number of fused-ring (bicyclic) bond motifs is 1. The fraction of sp³-hybridized carbons (Fsp3) is 0.579. The Morgan fingerprint density at radius 3 is 3.04 bits per heavy atom. The highest BCUT2D eigenvalue weighted by Crippen LogP contribution is 2.29. The summed E-state index contributed by atoms with van der Waals surface area (Å²) in [5.41, 5.74) is 1.70. The maximum Gasteiger partial charge on any atom is 0.317 e. The van der Waals surface area contributed by atoms with Crippen LogP contribution in [0.3, 0.4) is 0 Å². The summed E-state index contributed by atoms with van der Waals surface area (Å²) in [6, 6.07) is 7.82. The molecule has 4 rings (SSSR count). The number of carbonyl (C=O) groups is 1. The fourth-order valence-electron chi connectivity index (χ4n) is 3.75. The molecule has 2 amide bonds. The predicted molar refractivity (Wildman–Crippen MR) is 94.5 cm³/mol. The minimum Gasteiger partial charge on any atom is -0.440 e. The zero-order valence-corrected chi connectivity index (χ0v) is 14.4. The summed E-state index contributed by atoms with van der Waals surface area (Å²) < 4.78 is 11.5. The molecular weight excluding hydrogens is 318 g/mol. The minimum atomic E-state index is 0.0128. The molecule has 6 nitrogen and oxygen atoms in total. The third-order valence-electron chi connectivity index (χ3n) is 5.13. The van der Waals surface area contributed by atoms with Crippen molar-refractivity contribution in [2.75, 3.05) is 26.2 Å². The van der Waals surface area contributed by atoms with Crippen molar-refractivity contribution >= 4 is 17.1 Å². The maximum absolute atomic E-state index is 12.4. The molecule has 2 aromatic rings. The standard InChI is InChI=1S/C19H25N3O3/c23-19(20-10-9-15-6-4-12-24-15)22-11-3-5-14(13-22)18-21-16-7-1-2-8-17(16)25-18/h1-2,7-8,14-15H,3-6,9-13H2,(H,20,23). The van der Waals surface area contributed by atoms with E-state index in [-0.39, 0.29) is 11.9 Å². The number of piperidine rings is 1. The highest BCUT2D eigenvalue weighted by molar-refractivity contribution is 5.74. The third kappa shape index (κ3) is 3.79. The molecule has 2 aliphatic rings. The van der Waals surface area contributed by atoms with E-state index in [0.29, 0.717) is 19.2 Å². The molecular formula is C19H25N3O3. The van der Waals surface area contributed by atoms with E-state index in [1.807, 2.05) is 29.2 Å². The number of amides is 2. The van der Waals surface area contributed by atoms with E-state index in [4.69, 9.17) is 9.15 Å². The molecule has 1 aromatic heterocycles. The first kappa shape index (κ1) is 16.4. The molecule has 2 unspecified atom stereocenters. The molecule has 1 N–H and O–H groups in total. The Kier molecular flexibility index (Phi) is 4.88. The summed E-state index contributed by atoms with van der Waals surface area (Å²) in [7, 11) is 0. The Hall–Kier alpha value is -2.08. The molecule has 1 aromatic carbocycles. The number of likely N-dealkylation sites (tertiary alicyclic amines) is 1. The Labute approximate surface area is 147 Å². The van der Waals surface area contributed by atoms with Crippen LogP contribution in [0.15, 0.2) is 28.7 Å². The number of carbonyl (C=O) groups excluding carboxylic acids is 1. The van der Waals surface area contributed by atoms with Gasteiger partial charge in [-0.2, -0.15) is 0 Å². The lowest BCUT2D eigenvalue weighted by atomic mass is 9.98. The Morgan fingerprint density at radius 1 is 1.28 bits per heavy atom. The molecule has 2 aliphatic heterocycles. The average molecular weight is 343 g/mol. The molecule has 6 heteroatoms. The van der Waals surface area contributed by atoms with Gasteiger partial charge in [-0.05, 0) is 44.2 Å². The maximum atomic E-state index is 12.4. The van der Waals surface area contributed by atoms with Crippen LogP contribution in [-0.4, -0.2) is 48.3 Å². The topological polar surface area (TPSA) is 67.6 Å². The minimum absolute atomic E-state index is 0.0128. The van der Waals surface area contributed by atoms with Crippen LogP contribution < -0.4 is 5.32 Å². The average Bonchev–Trinajstić information content (AvgIpc) is 3.31. The van der Waals surface area contributed by atoms with E-state index >= 15 is 0 Å². The van der Waals surface area contributed by atoms with Crippen molar-refractivity contribution in [2.24, 2.45) is 0 Å². The van der Waals surface area contributed by atoms with Gasteiger partial charge in [0, 0.05) is 26.2 Å². The number of nitrogens with zero attached hydrogens (tertiary/aromatic N) is 2. The lowest BCUT2D eigenvalue weighted by Crippen LogP contribution is -2.45. The Morgan fingerprint density at radius 2 is 2.20 bits per heavy atom. The van der Waals surface area contributed by atoms with Gasteiger partial charge in [0.15, 0.2) is 11.5 Å². The quantitative estimate of drug-likeness (QED) is 0.925. The highest BCUT2D eigenvalue weighted by Gasteiger charge is 2.28. The number of oxazole rings is 1. The Balaban J connectivity index is 1.32. The summed E-state index contributed by atoms with van der Waals surface area (Å²) in [5.74, 6) is 0.920. The molecule has 25 heavy (non-hydrogen) atoms. The van der Waals surface area contributed by atoms with Crippen LogP contribution in [0.4, 0.5) is 4.79 Å². The summed E-state index contributed by atoms with van der Waals surface area (Å²) in [4.78, 5) is 18.9. The van der Waals surface area contributed by atoms with Gasteiger partial charge in [-0.15, -0.1) is 0 Å². The molecule has 2 fully saturated rings. The van der Waals surface area contributed by atoms with Crippen molar-refractivity contribution < 1.29 is 13.9 Å². The van der Waals surface area contributed by atoms with Crippen LogP contribution >= 0.6 is 0 Å². The van der Waals surface area contributed by atoms with Gasteiger partial charge >= 0.3 is 6.03 Å². The number of urea groups is 1. The van der Waals surface area contributed by atoms with Crippen LogP contribution in [0.2, 0.25) is 0 Å². The molecule has 2 atom stereocenters. The third-order valence-corrected chi connectivity index (χ3v) is 5.13. The number of para-hydroxylation sites is 2. The summed E-state index contributed by atoms with van der Waals surface area (Å²) >= 11 is 0. The van der Waals surface area contributed by atoms with E-state index in [9.17, 15) is 4.79 Å². The van der Waals surface area contributed by atoms with Crippen molar-refractivity contribution in [1.82, 2.24) is 15.2 Å². The van der Waals surface area contributed by atoms with E-state index in [1.165, 1.54) is 0 Å². The van der Waals surface area contributed by atoms with Crippen molar-refractivity contribution in [3.8, 4) is 0 Å². The smallest absolute Gasteiger partial charge is 0.317 e. The molecule has 0 saturated carbocycles. The number of ether oxygens (including phenoxy) is 1. The number of benzene rings is 1. The van der Waals surface area contributed by atoms with Crippen LogP contribution in [-0.2, 0) is 4.74 Å². The first-order chi connectivity index (χ1) is 12.3. The highest BCUT2D eigenvalue weighted by atomic mass is 16.5. The molecule has 0 radical (unpaired) electrons. The van der Waals surface area contributed by atoms with Gasteiger partial charge in [-0.25, -0.2) is 9.78 Å². The zero-order chi connectivity index (χ0) is 17.1. The van der Waals surface area contributed by atoms with Crippen molar-refractivity contribution in [1.29, 1.82) is 0 Å². The summed E-state index contributed by atoms with van der Waals surface area (Å²) in [6.45, 7) is 2.99.